The monoisotopic (exact) mass is 249 g/mol. The zero-order valence-electron chi connectivity index (χ0n) is 10.7. The number of pyridine rings is 1. The molecule has 92 valence electrons. The van der Waals surface area contributed by atoms with E-state index in [4.69, 9.17) is 18.0 Å². The van der Waals surface area contributed by atoms with Gasteiger partial charge in [-0.1, -0.05) is 19.1 Å². The van der Waals surface area contributed by atoms with Crippen LogP contribution in [0, 0.1) is 19.8 Å². The molecule has 2 rings (SSSR count). The summed E-state index contributed by atoms with van der Waals surface area (Å²) in [5.41, 5.74) is 8.93. The summed E-state index contributed by atoms with van der Waals surface area (Å²) in [5.74, 6) is 1.69. The van der Waals surface area contributed by atoms with Crippen molar-refractivity contribution in [3.8, 4) is 0 Å². The highest BCUT2D eigenvalue weighted by atomic mass is 32.1. The van der Waals surface area contributed by atoms with Gasteiger partial charge in [-0.25, -0.2) is 4.98 Å². The molecule has 0 aromatic carbocycles. The Morgan fingerprint density at radius 3 is 2.76 bits per heavy atom. The average molecular weight is 249 g/mol. The highest BCUT2D eigenvalue weighted by Gasteiger charge is 2.24. The van der Waals surface area contributed by atoms with E-state index in [1.54, 1.807) is 0 Å². The Kier molecular flexibility index (Phi) is 3.33. The second-order valence-corrected chi connectivity index (χ2v) is 5.42. The lowest BCUT2D eigenvalue weighted by molar-refractivity contribution is 0.658. The van der Waals surface area contributed by atoms with Gasteiger partial charge in [0.1, 0.15) is 10.8 Å². The lowest BCUT2D eigenvalue weighted by Gasteiger charge is -2.22. The zero-order chi connectivity index (χ0) is 12.6. The number of thiocarbonyl (C=S) groups is 1. The molecule has 1 aliphatic heterocycles. The molecule has 1 aliphatic rings. The highest BCUT2D eigenvalue weighted by molar-refractivity contribution is 7.80. The van der Waals surface area contributed by atoms with Crippen molar-refractivity contribution in [1.82, 2.24) is 4.98 Å². The van der Waals surface area contributed by atoms with E-state index in [0.29, 0.717) is 4.99 Å². The van der Waals surface area contributed by atoms with E-state index in [-0.39, 0.29) is 0 Å². The molecule has 0 bridgehead atoms. The fourth-order valence-electron chi connectivity index (χ4n) is 2.48. The number of hydrogen-bond donors (Lipinski definition) is 1. The fourth-order valence-corrected chi connectivity index (χ4v) is 2.73. The third-order valence-corrected chi connectivity index (χ3v) is 3.50. The molecule has 1 fully saturated rings. The van der Waals surface area contributed by atoms with Crippen LogP contribution in [0.25, 0.3) is 0 Å². The maximum atomic E-state index is 5.83. The van der Waals surface area contributed by atoms with Gasteiger partial charge in [0.2, 0.25) is 0 Å². The van der Waals surface area contributed by atoms with E-state index < -0.39 is 0 Å². The highest BCUT2D eigenvalue weighted by Crippen LogP contribution is 2.27. The van der Waals surface area contributed by atoms with Gasteiger partial charge in [-0.3, -0.25) is 0 Å². The Morgan fingerprint density at radius 1 is 1.53 bits per heavy atom. The molecule has 2 heterocycles. The maximum Gasteiger partial charge on any atom is 0.139 e. The van der Waals surface area contributed by atoms with Crippen molar-refractivity contribution < 1.29 is 0 Å². The molecule has 0 aliphatic carbocycles. The third-order valence-electron chi connectivity index (χ3n) is 3.30. The molecule has 1 atom stereocenters. The summed E-state index contributed by atoms with van der Waals surface area (Å²) in [5, 5.41) is 0. The minimum Gasteiger partial charge on any atom is -0.389 e. The average Bonchev–Trinajstić information content (AvgIpc) is 2.62. The third kappa shape index (κ3) is 2.41. The second-order valence-electron chi connectivity index (χ2n) is 4.98. The minimum absolute atomic E-state index is 0.449. The lowest BCUT2D eigenvalue weighted by atomic mass is 10.1. The van der Waals surface area contributed by atoms with Crippen LogP contribution in [0.3, 0.4) is 0 Å². The van der Waals surface area contributed by atoms with Crippen molar-refractivity contribution in [3.05, 3.63) is 22.9 Å². The molecule has 1 aromatic heterocycles. The molecule has 2 N–H and O–H groups in total. The number of aromatic nitrogens is 1. The van der Waals surface area contributed by atoms with Crippen LogP contribution >= 0.6 is 12.2 Å². The summed E-state index contributed by atoms with van der Waals surface area (Å²) in [6.45, 7) is 8.42. The molecular weight excluding hydrogens is 230 g/mol. The van der Waals surface area contributed by atoms with Crippen LogP contribution in [-0.2, 0) is 0 Å². The summed E-state index contributed by atoms with van der Waals surface area (Å²) in [4.78, 5) is 7.38. The lowest BCUT2D eigenvalue weighted by Crippen LogP contribution is -2.26. The Bertz CT molecular complexity index is 456. The number of nitrogens with two attached hydrogens (primary N) is 1. The summed E-state index contributed by atoms with van der Waals surface area (Å²) >= 11 is 5.16. The molecule has 0 amide bonds. The van der Waals surface area contributed by atoms with Crippen LogP contribution in [0.2, 0.25) is 0 Å². The maximum absolute atomic E-state index is 5.83. The van der Waals surface area contributed by atoms with Gasteiger partial charge in [-0.05, 0) is 37.8 Å². The topological polar surface area (TPSA) is 42.1 Å². The van der Waals surface area contributed by atoms with Crippen LogP contribution in [0.4, 0.5) is 5.82 Å². The number of hydrogen-bond acceptors (Lipinski definition) is 3. The van der Waals surface area contributed by atoms with Crippen LogP contribution in [0.1, 0.15) is 30.2 Å². The molecule has 0 radical (unpaired) electrons. The predicted octanol–water partition coefficient (Wildman–Crippen LogP) is 2.18. The van der Waals surface area contributed by atoms with Crippen molar-refractivity contribution >= 4 is 23.0 Å². The molecule has 1 unspecified atom stereocenters. The summed E-state index contributed by atoms with van der Waals surface area (Å²) < 4.78 is 0. The molecule has 3 nitrogen and oxygen atoms in total. The van der Waals surface area contributed by atoms with Crippen molar-refractivity contribution in [2.75, 3.05) is 18.0 Å². The van der Waals surface area contributed by atoms with E-state index in [2.05, 4.69) is 16.8 Å². The van der Waals surface area contributed by atoms with Crippen molar-refractivity contribution in [2.24, 2.45) is 11.7 Å². The van der Waals surface area contributed by atoms with Gasteiger partial charge >= 0.3 is 0 Å². The Labute approximate surface area is 108 Å². The van der Waals surface area contributed by atoms with Gasteiger partial charge in [0.25, 0.3) is 0 Å². The van der Waals surface area contributed by atoms with E-state index in [9.17, 15) is 0 Å². The molecule has 0 saturated carbocycles. The zero-order valence-corrected chi connectivity index (χ0v) is 11.5. The first-order chi connectivity index (χ1) is 7.99. The Morgan fingerprint density at radius 2 is 2.24 bits per heavy atom. The molecule has 1 saturated heterocycles. The second kappa shape index (κ2) is 4.61. The standard InChI is InChI=1S/C13H19N3S/c1-8-4-5-16(7-8)13-11(12(14)17)9(2)6-10(3)15-13/h6,8H,4-5,7H2,1-3H3,(H2,14,17). The first kappa shape index (κ1) is 12.3. The minimum atomic E-state index is 0.449. The van der Waals surface area contributed by atoms with Crippen LogP contribution in [-0.4, -0.2) is 23.1 Å². The van der Waals surface area contributed by atoms with Gasteiger partial charge in [0.15, 0.2) is 0 Å². The van der Waals surface area contributed by atoms with Crippen molar-refractivity contribution in [3.63, 3.8) is 0 Å². The van der Waals surface area contributed by atoms with Gasteiger partial charge in [-0.15, -0.1) is 0 Å². The number of rotatable bonds is 2. The first-order valence-electron chi connectivity index (χ1n) is 6.02. The van der Waals surface area contributed by atoms with Crippen LogP contribution in [0.5, 0.6) is 0 Å². The van der Waals surface area contributed by atoms with Crippen LogP contribution in [0.15, 0.2) is 6.07 Å². The summed E-state index contributed by atoms with van der Waals surface area (Å²) in [6.07, 6.45) is 1.21. The molecule has 0 spiro atoms. The molecule has 4 heteroatoms. The fraction of sp³-hybridized carbons (Fsp3) is 0.538. The van der Waals surface area contributed by atoms with Crippen molar-refractivity contribution in [1.29, 1.82) is 0 Å². The van der Waals surface area contributed by atoms with E-state index >= 15 is 0 Å². The van der Waals surface area contributed by atoms with E-state index in [0.717, 1.165) is 41.6 Å². The molecule has 1 aromatic rings. The van der Waals surface area contributed by atoms with Gasteiger partial charge in [0.05, 0.1) is 5.56 Å². The smallest absolute Gasteiger partial charge is 0.139 e. The molecular formula is C13H19N3S. The van der Waals surface area contributed by atoms with Crippen molar-refractivity contribution in [2.45, 2.75) is 27.2 Å². The quantitative estimate of drug-likeness (QED) is 0.816. The van der Waals surface area contributed by atoms with E-state index in [1.807, 2.05) is 19.9 Å². The number of nitrogens with zero attached hydrogens (tertiary/aromatic N) is 2. The Balaban J connectivity index is 2.47. The van der Waals surface area contributed by atoms with Gasteiger partial charge < -0.3 is 10.6 Å². The summed E-state index contributed by atoms with van der Waals surface area (Å²) in [6, 6.07) is 2.04. The predicted molar refractivity (Wildman–Crippen MR) is 75.6 cm³/mol. The normalized spacial score (nSPS) is 19.7. The van der Waals surface area contributed by atoms with Crippen LogP contribution < -0.4 is 10.6 Å². The SMILES string of the molecule is Cc1cc(C)c(C(N)=S)c(N2CCC(C)C2)n1. The first-order valence-corrected chi connectivity index (χ1v) is 6.43. The summed E-state index contributed by atoms with van der Waals surface area (Å²) in [7, 11) is 0. The number of anilines is 1. The van der Waals surface area contributed by atoms with Gasteiger partial charge in [-0.2, -0.15) is 0 Å². The largest absolute Gasteiger partial charge is 0.389 e. The number of aryl methyl sites for hydroxylation is 2. The Hall–Kier alpha value is -1.16. The molecule has 17 heavy (non-hydrogen) atoms. The van der Waals surface area contributed by atoms with Gasteiger partial charge in [0, 0.05) is 18.8 Å². The van der Waals surface area contributed by atoms with E-state index in [1.165, 1.54) is 6.42 Å².